The van der Waals surface area contributed by atoms with Gasteiger partial charge in [-0.3, -0.25) is 14.6 Å². The molecule has 1 aromatic rings. The summed E-state index contributed by atoms with van der Waals surface area (Å²) >= 11 is 0. The van der Waals surface area contributed by atoms with Gasteiger partial charge >= 0.3 is 12.1 Å². The molecule has 25 heavy (non-hydrogen) atoms. The van der Waals surface area contributed by atoms with E-state index in [2.05, 4.69) is 11.6 Å². The number of pyridine rings is 1. The van der Waals surface area contributed by atoms with E-state index in [0.717, 1.165) is 18.5 Å². The van der Waals surface area contributed by atoms with Crippen LogP contribution in [0.25, 0.3) is 0 Å². The highest BCUT2D eigenvalue weighted by molar-refractivity contribution is 5.96. The van der Waals surface area contributed by atoms with Gasteiger partial charge in [-0.1, -0.05) is 6.08 Å². The SMILES string of the molecule is C=CCC1C(C(=O)OC)CCCN1C(=O)c1cnccc1C(F)(F)F. The van der Waals surface area contributed by atoms with Gasteiger partial charge in [0.2, 0.25) is 0 Å². The van der Waals surface area contributed by atoms with Crippen molar-refractivity contribution in [3.05, 3.63) is 42.2 Å². The summed E-state index contributed by atoms with van der Waals surface area (Å²) in [6, 6.07) is 0.185. The molecule has 0 aromatic carbocycles. The molecule has 1 fully saturated rings. The first-order valence-corrected chi connectivity index (χ1v) is 7.82. The molecule has 136 valence electrons. The molecule has 2 heterocycles. The smallest absolute Gasteiger partial charge is 0.417 e. The molecule has 2 atom stereocenters. The first-order chi connectivity index (χ1) is 11.8. The van der Waals surface area contributed by atoms with Crippen LogP contribution in [0, 0.1) is 5.92 Å². The number of likely N-dealkylation sites (tertiary alicyclic amines) is 1. The van der Waals surface area contributed by atoms with Crippen LogP contribution < -0.4 is 0 Å². The number of halogens is 3. The molecule has 1 aliphatic rings. The van der Waals surface area contributed by atoms with Crippen molar-refractivity contribution in [2.24, 2.45) is 5.92 Å². The fraction of sp³-hybridized carbons (Fsp3) is 0.471. The minimum absolute atomic E-state index is 0.261. The first-order valence-electron chi connectivity index (χ1n) is 7.82. The van der Waals surface area contributed by atoms with Crippen LogP contribution >= 0.6 is 0 Å². The summed E-state index contributed by atoms with van der Waals surface area (Å²) in [5.41, 5.74) is -1.56. The Morgan fingerprint density at radius 1 is 1.48 bits per heavy atom. The van der Waals surface area contributed by atoms with Crippen molar-refractivity contribution in [2.75, 3.05) is 13.7 Å². The van der Waals surface area contributed by atoms with Gasteiger partial charge in [0, 0.05) is 25.0 Å². The van der Waals surface area contributed by atoms with Crippen LogP contribution in [0.4, 0.5) is 13.2 Å². The third-order valence-corrected chi connectivity index (χ3v) is 4.31. The molecule has 1 saturated heterocycles. The fourth-order valence-corrected chi connectivity index (χ4v) is 3.16. The molecule has 2 rings (SSSR count). The fourth-order valence-electron chi connectivity index (χ4n) is 3.16. The number of piperidine rings is 1. The van der Waals surface area contributed by atoms with Gasteiger partial charge in [-0.25, -0.2) is 0 Å². The summed E-state index contributed by atoms with van der Waals surface area (Å²) in [4.78, 5) is 29.8. The topological polar surface area (TPSA) is 59.5 Å². The van der Waals surface area contributed by atoms with Crippen LogP contribution in [0.3, 0.4) is 0 Å². The zero-order chi connectivity index (χ0) is 18.6. The van der Waals surface area contributed by atoms with Gasteiger partial charge in [-0.2, -0.15) is 13.2 Å². The second-order valence-electron chi connectivity index (χ2n) is 5.78. The second-order valence-corrected chi connectivity index (χ2v) is 5.78. The van der Waals surface area contributed by atoms with E-state index in [1.165, 1.54) is 12.0 Å². The van der Waals surface area contributed by atoms with Crippen LogP contribution in [-0.2, 0) is 15.7 Å². The molecule has 0 aliphatic carbocycles. The van der Waals surface area contributed by atoms with Gasteiger partial charge < -0.3 is 9.64 Å². The maximum atomic E-state index is 13.2. The van der Waals surface area contributed by atoms with Gasteiger partial charge in [-0.05, 0) is 25.3 Å². The van der Waals surface area contributed by atoms with Crippen LogP contribution in [0.1, 0.15) is 35.2 Å². The Morgan fingerprint density at radius 3 is 2.80 bits per heavy atom. The van der Waals surface area contributed by atoms with Gasteiger partial charge in [-0.15, -0.1) is 6.58 Å². The van der Waals surface area contributed by atoms with Crippen molar-refractivity contribution >= 4 is 11.9 Å². The molecule has 1 amide bonds. The minimum Gasteiger partial charge on any atom is -0.469 e. The van der Waals surface area contributed by atoms with Crippen molar-refractivity contribution < 1.29 is 27.5 Å². The number of nitrogens with zero attached hydrogens (tertiary/aromatic N) is 2. The van der Waals surface area contributed by atoms with Crippen molar-refractivity contribution in [1.29, 1.82) is 0 Å². The molecular formula is C17H19F3N2O3. The van der Waals surface area contributed by atoms with Gasteiger partial charge in [0.15, 0.2) is 0 Å². The Labute approximate surface area is 143 Å². The Balaban J connectivity index is 2.40. The van der Waals surface area contributed by atoms with E-state index in [1.807, 2.05) is 0 Å². The second kappa shape index (κ2) is 7.67. The normalized spacial score (nSPS) is 20.9. The molecule has 0 bridgehead atoms. The summed E-state index contributed by atoms with van der Waals surface area (Å²) < 4.78 is 44.3. The molecule has 1 aliphatic heterocycles. The molecule has 0 N–H and O–H groups in total. The van der Waals surface area contributed by atoms with Gasteiger partial charge in [0.25, 0.3) is 5.91 Å². The number of carbonyl (C=O) groups is 2. The standard InChI is InChI=1S/C17H19F3N2O3/c1-3-5-14-11(16(24)25-2)6-4-9-22(14)15(23)12-10-21-8-7-13(12)17(18,19)20/h3,7-8,10-11,14H,1,4-6,9H2,2H3. The highest BCUT2D eigenvalue weighted by Gasteiger charge is 2.41. The summed E-state index contributed by atoms with van der Waals surface area (Å²) in [5, 5.41) is 0. The van der Waals surface area contributed by atoms with E-state index >= 15 is 0 Å². The molecule has 0 saturated carbocycles. The summed E-state index contributed by atoms with van der Waals surface area (Å²) in [7, 11) is 1.25. The maximum Gasteiger partial charge on any atom is 0.417 e. The quantitative estimate of drug-likeness (QED) is 0.615. The number of esters is 1. The maximum absolute atomic E-state index is 13.2. The Hall–Kier alpha value is -2.38. The van der Waals surface area contributed by atoms with E-state index in [1.54, 1.807) is 6.08 Å². The van der Waals surface area contributed by atoms with Crippen LogP contribution in [0.15, 0.2) is 31.1 Å². The van der Waals surface area contributed by atoms with E-state index in [-0.39, 0.29) is 13.0 Å². The third-order valence-electron chi connectivity index (χ3n) is 4.31. The summed E-state index contributed by atoms with van der Waals surface area (Å²) in [6.07, 6.45) is 0.0771. The van der Waals surface area contributed by atoms with Gasteiger partial charge in [0.05, 0.1) is 24.2 Å². The van der Waals surface area contributed by atoms with Crippen molar-refractivity contribution in [2.45, 2.75) is 31.5 Å². The lowest BCUT2D eigenvalue weighted by Gasteiger charge is -2.40. The Bertz CT molecular complexity index is 661. The van der Waals surface area contributed by atoms with Gasteiger partial charge in [0.1, 0.15) is 0 Å². The Kier molecular flexibility index (Phi) is 5.81. The predicted octanol–water partition coefficient (Wildman–Crippen LogP) is 3.07. The number of aromatic nitrogens is 1. The number of methoxy groups -OCH3 is 1. The molecule has 8 heteroatoms. The van der Waals surface area contributed by atoms with E-state index < -0.39 is 41.1 Å². The van der Waals surface area contributed by atoms with Crippen molar-refractivity contribution in [3.8, 4) is 0 Å². The third kappa shape index (κ3) is 4.00. The number of amides is 1. The predicted molar refractivity (Wildman–Crippen MR) is 83.6 cm³/mol. The molecule has 0 radical (unpaired) electrons. The van der Waals surface area contributed by atoms with Crippen LogP contribution in [0.2, 0.25) is 0 Å². The molecule has 5 nitrogen and oxygen atoms in total. The number of carbonyl (C=O) groups excluding carboxylic acids is 2. The highest BCUT2D eigenvalue weighted by Crippen LogP contribution is 2.34. The van der Waals surface area contributed by atoms with E-state index in [4.69, 9.17) is 4.74 Å². The lowest BCUT2D eigenvalue weighted by Crippen LogP contribution is -2.51. The summed E-state index contributed by atoms with van der Waals surface area (Å²) in [6.45, 7) is 3.88. The van der Waals surface area contributed by atoms with Crippen molar-refractivity contribution in [1.82, 2.24) is 9.88 Å². The molecule has 1 aromatic heterocycles. The lowest BCUT2D eigenvalue weighted by atomic mass is 9.86. The zero-order valence-corrected chi connectivity index (χ0v) is 13.8. The monoisotopic (exact) mass is 356 g/mol. The van der Waals surface area contributed by atoms with E-state index in [9.17, 15) is 22.8 Å². The lowest BCUT2D eigenvalue weighted by molar-refractivity contribution is -0.149. The number of hydrogen-bond acceptors (Lipinski definition) is 4. The van der Waals surface area contributed by atoms with E-state index in [0.29, 0.717) is 12.8 Å². The minimum atomic E-state index is -4.67. The van der Waals surface area contributed by atoms with Crippen LogP contribution in [-0.4, -0.2) is 41.5 Å². The molecule has 2 unspecified atom stereocenters. The average molecular weight is 356 g/mol. The Morgan fingerprint density at radius 2 is 2.20 bits per heavy atom. The zero-order valence-electron chi connectivity index (χ0n) is 13.8. The molecule has 0 spiro atoms. The number of hydrogen-bond donors (Lipinski definition) is 0. The largest absolute Gasteiger partial charge is 0.469 e. The average Bonchev–Trinajstić information content (AvgIpc) is 2.60. The number of rotatable bonds is 4. The highest BCUT2D eigenvalue weighted by atomic mass is 19.4. The molecular weight excluding hydrogens is 337 g/mol. The summed E-state index contributed by atoms with van der Waals surface area (Å²) in [5.74, 6) is -1.86. The number of ether oxygens (including phenoxy) is 1. The van der Waals surface area contributed by atoms with Crippen molar-refractivity contribution in [3.63, 3.8) is 0 Å². The first kappa shape index (κ1) is 19.0. The number of alkyl halides is 3. The van der Waals surface area contributed by atoms with Crippen LogP contribution in [0.5, 0.6) is 0 Å².